The maximum absolute atomic E-state index is 13.9. The van der Waals surface area contributed by atoms with E-state index in [2.05, 4.69) is 0 Å². The monoisotopic (exact) mass is 317 g/mol. The average Bonchev–Trinajstić information content (AvgIpc) is 2.67. The Labute approximate surface area is 136 Å². The lowest BCUT2D eigenvalue weighted by Crippen LogP contribution is -2.41. The van der Waals surface area contributed by atoms with E-state index < -0.39 is 24.1 Å². The second kappa shape index (κ2) is 6.44. The molecule has 1 aromatic rings. The molecule has 0 aliphatic carbocycles. The minimum absolute atomic E-state index is 0.0277. The maximum atomic E-state index is 13.9. The lowest BCUT2D eigenvalue weighted by Gasteiger charge is -2.32. The number of halogens is 1. The van der Waals surface area contributed by atoms with Crippen LogP contribution in [0, 0.1) is 17.1 Å². The Balaban J connectivity index is 2.27. The van der Waals surface area contributed by atoms with Crippen LogP contribution in [0.5, 0.6) is 0 Å². The van der Waals surface area contributed by atoms with Gasteiger partial charge in [0.25, 0.3) is 0 Å². The Hall–Kier alpha value is -1.68. The Morgan fingerprint density at radius 1 is 1.30 bits per heavy atom. The van der Waals surface area contributed by atoms with Crippen molar-refractivity contribution in [2.75, 3.05) is 6.61 Å². The van der Waals surface area contributed by atoms with Crippen LogP contribution in [0.1, 0.15) is 38.8 Å². The number of hydrogen-bond donors (Lipinski definition) is 1. The first kappa shape index (κ1) is 17.7. The predicted molar refractivity (Wildman–Crippen MR) is 86.9 cm³/mol. The van der Waals surface area contributed by atoms with Crippen LogP contribution in [0.25, 0.3) is 6.08 Å². The van der Waals surface area contributed by atoms with Gasteiger partial charge in [-0.15, -0.1) is 0 Å². The van der Waals surface area contributed by atoms with Crippen LogP contribution in [0.3, 0.4) is 0 Å². The number of aliphatic hydroxyl groups excluding tert-OH is 1. The lowest BCUT2D eigenvalue weighted by atomic mass is 9.77. The van der Waals surface area contributed by atoms with E-state index in [0.717, 1.165) is 0 Å². The molecule has 1 fully saturated rings. The first-order valence-electron chi connectivity index (χ1n) is 7.52. The molecule has 1 aliphatic rings. The van der Waals surface area contributed by atoms with E-state index in [1.807, 2.05) is 33.8 Å². The molecule has 0 radical (unpaired) electrons. The fraction of sp³-hybridized carbons (Fsp3) is 0.471. The fourth-order valence-corrected chi connectivity index (χ4v) is 2.28. The second-order valence-electron chi connectivity index (χ2n) is 6.65. The van der Waals surface area contributed by atoms with Gasteiger partial charge in [0, 0.05) is 5.56 Å². The SMILES string of the molecule is CC1(C)OB(C(=Cc2ccc(CC#N)c(F)c2)CO)OC1(C)C. The number of benzene rings is 1. The van der Waals surface area contributed by atoms with Gasteiger partial charge in [0.05, 0.1) is 30.3 Å². The Morgan fingerprint density at radius 3 is 2.39 bits per heavy atom. The smallest absolute Gasteiger partial charge is 0.400 e. The summed E-state index contributed by atoms with van der Waals surface area (Å²) in [5.74, 6) is -0.438. The van der Waals surface area contributed by atoms with Gasteiger partial charge >= 0.3 is 7.12 Å². The molecular formula is C17H21BFNO3. The summed E-state index contributed by atoms with van der Waals surface area (Å²) in [5.41, 5.74) is 0.451. The van der Waals surface area contributed by atoms with Crippen molar-refractivity contribution < 1.29 is 18.8 Å². The summed E-state index contributed by atoms with van der Waals surface area (Å²) in [6.45, 7) is 7.46. The second-order valence-corrected chi connectivity index (χ2v) is 6.65. The van der Waals surface area contributed by atoms with Crippen LogP contribution in [0.2, 0.25) is 0 Å². The maximum Gasteiger partial charge on any atom is 0.492 e. The van der Waals surface area contributed by atoms with E-state index in [9.17, 15) is 9.50 Å². The largest absolute Gasteiger partial charge is 0.492 e. The molecule has 4 nitrogen and oxygen atoms in total. The van der Waals surface area contributed by atoms with Gasteiger partial charge in [-0.2, -0.15) is 5.26 Å². The minimum atomic E-state index is -0.674. The third-order valence-electron chi connectivity index (χ3n) is 4.44. The normalized spacial score (nSPS) is 19.7. The highest BCUT2D eigenvalue weighted by Gasteiger charge is 2.52. The highest BCUT2D eigenvalue weighted by atomic mass is 19.1. The topological polar surface area (TPSA) is 62.5 Å². The van der Waals surface area contributed by atoms with Crippen LogP contribution in [-0.2, 0) is 15.7 Å². The first-order chi connectivity index (χ1) is 10.7. The number of aliphatic hydroxyl groups is 1. The minimum Gasteiger partial charge on any atom is -0.400 e. The van der Waals surface area contributed by atoms with Gasteiger partial charge in [-0.1, -0.05) is 18.2 Å². The van der Waals surface area contributed by atoms with E-state index in [4.69, 9.17) is 14.6 Å². The van der Waals surface area contributed by atoms with E-state index in [1.165, 1.54) is 6.07 Å². The summed E-state index contributed by atoms with van der Waals surface area (Å²) >= 11 is 0. The predicted octanol–water partition coefficient (Wildman–Crippen LogP) is 2.90. The zero-order chi connectivity index (χ0) is 17.3. The van der Waals surface area contributed by atoms with Gasteiger partial charge in [0.2, 0.25) is 0 Å². The zero-order valence-electron chi connectivity index (χ0n) is 13.9. The molecule has 1 aromatic carbocycles. The van der Waals surface area contributed by atoms with E-state index >= 15 is 0 Å². The molecule has 1 saturated heterocycles. The van der Waals surface area contributed by atoms with Crippen molar-refractivity contribution in [1.29, 1.82) is 5.26 Å². The third kappa shape index (κ3) is 3.64. The average molecular weight is 317 g/mol. The molecular weight excluding hydrogens is 296 g/mol. The number of hydrogen-bond acceptors (Lipinski definition) is 4. The van der Waals surface area contributed by atoms with Gasteiger partial charge in [0.15, 0.2) is 0 Å². The molecule has 0 bridgehead atoms. The Morgan fingerprint density at radius 2 is 1.91 bits per heavy atom. The molecule has 0 amide bonds. The zero-order valence-corrected chi connectivity index (χ0v) is 13.9. The van der Waals surface area contributed by atoms with Crippen LogP contribution >= 0.6 is 0 Å². The van der Waals surface area contributed by atoms with Crippen molar-refractivity contribution >= 4 is 13.2 Å². The summed E-state index contributed by atoms with van der Waals surface area (Å²) in [5, 5.41) is 18.3. The molecule has 0 saturated carbocycles. The molecule has 23 heavy (non-hydrogen) atoms. The van der Waals surface area contributed by atoms with E-state index in [-0.39, 0.29) is 13.0 Å². The van der Waals surface area contributed by atoms with Crippen molar-refractivity contribution in [3.05, 3.63) is 40.6 Å². The Bertz CT molecular complexity index is 648. The molecule has 6 heteroatoms. The summed E-state index contributed by atoms with van der Waals surface area (Å²) in [4.78, 5) is 0. The van der Waals surface area contributed by atoms with Gasteiger partial charge in [0.1, 0.15) is 5.82 Å². The molecule has 2 rings (SSSR count). The molecule has 1 heterocycles. The molecule has 0 atom stereocenters. The summed E-state index contributed by atoms with van der Waals surface area (Å²) in [6.07, 6.45) is 1.68. The van der Waals surface area contributed by atoms with Crippen LogP contribution in [0.15, 0.2) is 23.7 Å². The van der Waals surface area contributed by atoms with Crippen molar-refractivity contribution in [3.63, 3.8) is 0 Å². The van der Waals surface area contributed by atoms with Crippen LogP contribution < -0.4 is 0 Å². The summed E-state index contributed by atoms with van der Waals surface area (Å²) in [6, 6.07) is 6.54. The van der Waals surface area contributed by atoms with Crippen LogP contribution in [0.4, 0.5) is 4.39 Å². The van der Waals surface area contributed by atoms with Gasteiger partial charge in [-0.25, -0.2) is 4.39 Å². The van der Waals surface area contributed by atoms with Crippen molar-refractivity contribution in [3.8, 4) is 6.07 Å². The Kier molecular flexibility index (Phi) is 4.95. The highest BCUT2D eigenvalue weighted by Crippen LogP contribution is 2.38. The number of nitriles is 1. The molecule has 0 unspecified atom stereocenters. The first-order valence-corrected chi connectivity index (χ1v) is 7.52. The molecule has 1 N–H and O–H groups in total. The van der Waals surface area contributed by atoms with Gasteiger partial charge < -0.3 is 14.4 Å². The highest BCUT2D eigenvalue weighted by molar-refractivity contribution is 6.55. The molecule has 0 aromatic heterocycles. The fourth-order valence-electron chi connectivity index (χ4n) is 2.28. The molecule has 1 aliphatic heterocycles. The molecule has 0 spiro atoms. The van der Waals surface area contributed by atoms with Crippen molar-refractivity contribution in [1.82, 2.24) is 0 Å². The molecule has 122 valence electrons. The van der Waals surface area contributed by atoms with Gasteiger partial charge in [-0.3, -0.25) is 0 Å². The lowest BCUT2D eigenvalue weighted by molar-refractivity contribution is 0.00578. The third-order valence-corrected chi connectivity index (χ3v) is 4.44. The summed E-state index contributed by atoms with van der Waals surface area (Å²) in [7, 11) is -0.674. The van der Waals surface area contributed by atoms with Crippen molar-refractivity contribution in [2.45, 2.75) is 45.3 Å². The van der Waals surface area contributed by atoms with Crippen molar-refractivity contribution in [2.24, 2.45) is 0 Å². The van der Waals surface area contributed by atoms with Gasteiger partial charge in [-0.05, 0) is 44.8 Å². The van der Waals surface area contributed by atoms with Crippen LogP contribution in [-0.4, -0.2) is 30.0 Å². The quantitative estimate of drug-likeness (QED) is 0.867. The van der Waals surface area contributed by atoms with E-state index in [0.29, 0.717) is 16.6 Å². The number of rotatable bonds is 4. The summed E-state index contributed by atoms with van der Waals surface area (Å²) < 4.78 is 25.7. The number of nitrogens with zero attached hydrogens (tertiary/aromatic N) is 1. The van der Waals surface area contributed by atoms with E-state index in [1.54, 1.807) is 18.2 Å². The standard InChI is InChI=1S/C17H21BFNO3/c1-16(2)17(3,4)23-18(22-16)14(11-21)9-12-5-6-13(7-8-20)15(19)10-12/h5-6,9-10,21H,7,11H2,1-4H3.